The molecule has 0 unspecified atom stereocenters. The fraction of sp³-hybridized carbons (Fsp3) is 0.0484. The van der Waals surface area contributed by atoms with Crippen LogP contribution in [-0.4, -0.2) is 39.5 Å². The van der Waals surface area contributed by atoms with Crippen LogP contribution in [0, 0.1) is 0 Å². The summed E-state index contributed by atoms with van der Waals surface area (Å²) >= 11 is 0. The van der Waals surface area contributed by atoms with Gasteiger partial charge in [0, 0.05) is 61.3 Å². The Bertz CT molecular complexity index is 3850. The number of benzene rings is 8. The van der Waals surface area contributed by atoms with Gasteiger partial charge < -0.3 is 4.57 Å². The number of hydrogen-bond donors (Lipinski definition) is 0. The Morgan fingerprint density at radius 2 is 0.843 bits per heavy atom. The van der Waals surface area contributed by atoms with Crippen LogP contribution in [0.15, 0.2) is 219 Å². The van der Waals surface area contributed by atoms with Crippen molar-refractivity contribution >= 4 is 21.8 Å². The predicted octanol–water partition coefficient (Wildman–Crippen LogP) is 14.5. The third-order valence-electron chi connectivity index (χ3n) is 13.6. The molecule has 0 aliphatic heterocycles. The Labute approximate surface area is 404 Å². The quantitative estimate of drug-likeness (QED) is 0.150. The molecule has 0 saturated carbocycles. The topological polar surface area (TPSA) is 95.2 Å². The average molecular weight is 899 g/mol. The molecule has 0 spiro atoms. The summed E-state index contributed by atoms with van der Waals surface area (Å²) < 4.78 is 2.40. The fourth-order valence-corrected chi connectivity index (χ4v) is 10.3. The zero-order valence-corrected chi connectivity index (χ0v) is 38.4. The molecule has 13 rings (SSSR count). The van der Waals surface area contributed by atoms with Crippen LogP contribution >= 0.6 is 0 Å². The largest absolute Gasteiger partial charge is 0.309 e. The second kappa shape index (κ2) is 16.5. The van der Waals surface area contributed by atoms with Gasteiger partial charge in [0.25, 0.3) is 0 Å². The Balaban J connectivity index is 1.10. The van der Waals surface area contributed by atoms with Gasteiger partial charge in [-0.25, -0.2) is 29.9 Å². The molecule has 0 amide bonds. The highest BCUT2D eigenvalue weighted by Gasteiger charge is 2.38. The van der Waals surface area contributed by atoms with E-state index in [0.717, 1.165) is 55.7 Å². The van der Waals surface area contributed by atoms with E-state index in [0.29, 0.717) is 40.6 Å². The van der Waals surface area contributed by atoms with Crippen LogP contribution in [0.3, 0.4) is 0 Å². The van der Waals surface area contributed by atoms with E-state index < -0.39 is 0 Å². The van der Waals surface area contributed by atoms with Crippen molar-refractivity contribution in [3.8, 4) is 96.4 Å². The molecule has 0 N–H and O–H groups in total. The smallest absolute Gasteiger partial charge is 0.166 e. The minimum Gasteiger partial charge on any atom is -0.309 e. The van der Waals surface area contributed by atoms with Gasteiger partial charge in [-0.2, -0.15) is 0 Å². The molecule has 12 aromatic rings. The molecule has 0 radical (unpaired) electrons. The number of pyridine rings is 1. The molecular weight excluding hydrogens is 857 g/mol. The van der Waals surface area contributed by atoms with Crippen LogP contribution in [0.25, 0.3) is 118 Å². The minimum atomic E-state index is -0.238. The normalized spacial score (nSPS) is 12.5. The maximum absolute atomic E-state index is 5.27. The molecule has 0 saturated heterocycles. The minimum absolute atomic E-state index is 0.238. The Hall–Kier alpha value is -9.27. The lowest BCUT2D eigenvalue weighted by atomic mass is 9.80. The van der Waals surface area contributed by atoms with Crippen molar-refractivity contribution in [2.45, 2.75) is 19.3 Å². The summed E-state index contributed by atoms with van der Waals surface area (Å²) in [5, 5.41) is 2.42. The van der Waals surface area contributed by atoms with E-state index in [1.54, 1.807) is 0 Å². The third-order valence-corrected chi connectivity index (χ3v) is 13.6. The molecule has 0 fully saturated rings. The lowest BCUT2D eigenvalue weighted by molar-refractivity contribution is 0.666. The van der Waals surface area contributed by atoms with Gasteiger partial charge in [-0.05, 0) is 64.7 Å². The van der Waals surface area contributed by atoms with Gasteiger partial charge in [0.2, 0.25) is 0 Å². The molecule has 0 atom stereocenters. The van der Waals surface area contributed by atoms with Crippen LogP contribution in [0.4, 0.5) is 0 Å². The molecular formula is C62H42N8. The zero-order valence-electron chi connectivity index (χ0n) is 38.4. The SMILES string of the molecule is CC1(C)c2ccccc2-c2ccc3c(c21)c1ccccc1n3-c1ccc(-c2nc(-c3ccccc3)nc(-c3ccccc3)n2)cc1-c1ncccc1-c1nc(-c2ccccc2)nc(-c2ccccc2)n1. The van der Waals surface area contributed by atoms with Gasteiger partial charge in [0.15, 0.2) is 34.9 Å². The molecule has 1 aliphatic rings. The molecule has 330 valence electrons. The van der Waals surface area contributed by atoms with Gasteiger partial charge >= 0.3 is 0 Å². The van der Waals surface area contributed by atoms with Gasteiger partial charge in [-0.3, -0.25) is 4.98 Å². The second-order valence-electron chi connectivity index (χ2n) is 18.1. The molecule has 0 bridgehead atoms. The molecule has 4 heterocycles. The van der Waals surface area contributed by atoms with Crippen LogP contribution < -0.4 is 0 Å². The van der Waals surface area contributed by atoms with E-state index in [-0.39, 0.29) is 5.41 Å². The monoisotopic (exact) mass is 898 g/mol. The van der Waals surface area contributed by atoms with Crippen molar-refractivity contribution in [3.63, 3.8) is 0 Å². The van der Waals surface area contributed by atoms with Gasteiger partial charge in [0.1, 0.15) is 0 Å². The van der Waals surface area contributed by atoms with Crippen LogP contribution in [0.2, 0.25) is 0 Å². The zero-order chi connectivity index (χ0) is 46.8. The van der Waals surface area contributed by atoms with E-state index in [2.05, 4.69) is 103 Å². The summed E-state index contributed by atoms with van der Waals surface area (Å²) in [4.78, 5) is 36.1. The van der Waals surface area contributed by atoms with Crippen LogP contribution in [-0.2, 0) is 5.41 Å². The van der Waals surface area contributed by atoms with Crippen LogP contribution in [0.1, 0.15) is 25.0 Å². The first-order chi connectivity index (χ1) is 34.5. The number of aromatic nitrogens is 8. The van der Waals surface area contributed by atoms with Gasteiger partial charge in [-0.15, -0.1) is 0 Å². The number of nitrogens with zero attached hydrogens (tertiary/aromatic N) is 8. The van der Waals surface area contributed by atoms with Crippen molar-refractivity contribution in [1.82, 2.24) is 39.5 Å². The maximum Gasteiger partial charge on any atom is 0.166 e. The Kier molecular flexibility index (Phi) is 9.66. The lowest BCUT2D eigenvalue weighted by Gasteiger charge is -2.23. The number of hydrogen-bond acceptors (Lipinski definition) is 7. The Morgan fingerprint density at radius 3 is 1.43 bits per heavy atom. The number of rotatable bonds is 8. The van der Waals surface area contributed by atoms with Crippen molar-refractivity contribution in [2.24, 2.45) is 0 Å². The van der Waals surface area contributed by atoms with Gasteiger partial charge in [0.05, 0.1) is 22.4 Å². The highest BCUT2D eigenvalue weighted by Crippen LogP contribution is 2.53. The summed E-state index contributed by atoms with van der Waals surface area (Å²) in [5.74, 6) is 3.35. The summed E-state index contributed by atoms with van der Waals surface area (Å²) in [5.41, 5.74) is 14.8. The number of para-hydroxylation sites is 1. The summed E-state index contributed by atoms with van der Waals surface area (Å²) in [6.07, 6.45) is 1.84. The summed E-state index contributed by atoms with van der Waals surface area (Å²) in [7, 11) is 0. The molecule has 8 heteroatoms. The molecule has 4 aromatic heterocycles. The van der Waals surface area contributed by atoms with E-state index in [4.69, 9.17) is 34.9 Å². The number of fused-ring (bicyclic) bond motifs is 7. The average Bonchev–Trinajstić information content (AvgIpc) is 3.89. The summed E-state index contributed by atoms with van der Waals surface area (Å²) in [6, 6.07) is 72.9. The maximum atomic E-state index is 5.27. The van der Waals surface area contributed by atoms with E-state index >= 15 is 0 Å². The highest BCUT2D eigenvalue weighted by atomic mass is 15.1. The molecule has 1 aliphatic carbocycles. The van der Waals surface area contributed by atoms with Crippen molar-refractivity contribution in [2.75, 3.05) is 0 Å². The summed E-state index contributed by atoms with van der Waals surface area (Å²) in [6.45, 7) is 4.71. The highest BCUT2D eigenvalue weighted by molar-refractivity contribution is 6.15. The lowest BCUT2D eigenvalue weighted by Crippen LogP contribution is -2.15. The third kappa shape index (κ3) is 6.79. The van der Waals surface area contributed by atoms with Crippen molar-refractivity contribution in [1.29, 1.82) is 0 Å². The molecule has 70 heavy (non-hydrogen) atoms. The first kappa shape index (κ1) is 41.0. The van der Waals surface area contributed by atoms with Gasteiger partial charge in [-0.1, -0.05) is 184 Å². The van der Waals surface area contributed by atoms with Crippen molar-refractivity contribution in [3.05, 3.63) is 230 Å². The first-order valence-corrected chi connectivity index (χ1v) is 23.5. The van der Waals surface area contributed by atoms with E-state index in [9.17, 15) is 0 Å². The van der Waals surface area contributed by atoms with Crippen LogP contribution in [0.5, 0.6) is 0 Å². The van der Waals surface area contributed by atoms with E-state index in [1.165, 1.54) is 33.0 Å². The predicted molar refractivity (Wildman–Crippen MR) is 281 cm³/mol. The first-order valence-electron chi connectivity index (χ1n) is 23.5. The van der Waals surface area contributed by atoms with Crippen molar-refractivity contribution < 1.29 is 0 Å². The fourth-order valence-electron chi connectivity index (χ4n) is 10.3. The molecule has 8 aromatic carbocycles. The van der Waals surface area contributed by atoms with E-state index in [1.807, 2.05) is 134 Å². The Morgan fingerprint density at radius 1 is 0.357 bits per heavy atom. The standard InChI is InChI=1S/C62H42N8/c1-62(2)49-31-17-15-28-44(49)45-34-36-52-53(54(45)62)46-29-16-18-32-50(46)70(52)51-35-33-43(60-66-56(39-20-7-3-8-21-39)64-57(67-60)40-22-9-4-10-23-40)38-48(51)55-47(30-19-37-63-55)61-68-58(41-24-11-5-12-25-41)65-59(69-61)42-26-13-6-14-27-42/h3-38H,1-2H3. The second-order valence-corrected chi connectivity index (χ2v) is 18.1. The molecule has 8 nitrogen and oxygen atoms in total.